The highest BCUT2D eigenvalue weighted by Gasteiger charge is 2.57. The van der Waals surface area contributed by atoms with Gasteiger partial charge >= 0.3 is 11.9 Å². The van der Waals surface area contributed by atoms with Crippen LogP contribution in [0, 0.1) is 0 Å². The summed E-state index contributed by atoms with van der Waals surface area (Å²) in [5.41, 5.74) is 0.836. The number of fused-ring (bicyclic) bond motifs is 1. The third kappa shape index (κ3) is 2.18. The van der Waals surface area contributed by atoms with E-state index in [9.17, 15) is 9.59 Å². The van der Waals surface area contributed by atoms with E-state index in [2.05, 4.69) is 0 Å². The fourth-order valence-electron chi connectivity index (χ4n) is 3.83. The predicted molar refractivity (Wildman–Crippen MR) is 83.3 cm³/mol. The average molecular weight is 334 g/mol. The molecule has 0 saturated carbocycles. The molecule has 0 N–H and O–H groups in total. The lowest BCUT2D eigenvalue weighted by atomic mass is 9.92. The van der Waals surface area contributed by atoms with Gasteiger partial charge in [0.1, 0.15) is 6.42 Å². The number of carbonyl (C=O) groups is 2. The van der Waals surface area contributed by atoms with Crippen LogP contribution in [0.25, 0.3) is 5.57 Å². The third-order valence-corrected chi connectivity index (χ3v) is 5.20. The van der Waals surface area contributed by atoms with Crippen molar-refractivity contribution in [2.75, 3.05) is 7.05 Å². The average Bonchev–Trinajstić information content (AvgIpc) is 2.64. The van der Waals surface area contributed by atoms with Crippen molar-refractivity contribution < 1.29 is 19.1 Å². The van der Waals surface area contributed by atoms with E-state index >= 15 is 0 Å². The van der Waals surface area contributed by atoms with Gasteiger partial charge in [0.25, 0.3) is 0 Å². The molecule has 2 saturated heterocycles. The Morgan fingerprint density at radius 1 is 1.30 bits per heavy atom. The van der Waals surface area contributed by atoms with Crippen LogP contribution in [0.2, 0.25) is 5.02 Å². The number of benzene rings is 1. The van der Waals surface area contributed by atoms with Gasteiger partial charge in [0.05, 0.1) is 0 Å². The molecule has 3 aliphatic rings. The molecule has 4 rings (SSSR count). The summed E-state index contributed by atoms with van der Waals surface area (Å²) in [5, 5.41) is 0.618. The second-order valence-electron chi connectivity index (χ2n) is 6.23. The van der Waals surface area contributed by atoms with Crippen LogP contribution in [0.3, 0.4) is 0 Å². The molecule has 2 bridgehead atoms. The Morgan fingerprint density at radius 2 is 2.13 bits per heavy atom. The molecular formula is C17H16ClNO4. The summed E-state index contributed by atoms with van der Waals surface area (Å²) in [5.74, 6) is -0.656. The summed E-state index contributed by atoms with van der Waals surface area (Å²) in [4.78, 5) is 26.0. The maximum atomic E-state index is 12.0. The second kappa shape index (κ2) is 5.08. The van der Waals surface area contributed by atoms with Gasteiger partial charge in [-0.3, -0.25) is 14.5 Å². The van der Waals surface area contributed by atoms with Crippen molar-refractivity contribution in [1.29, 1.82) is 0 Å². The number of hydrogen-bond donors (Lipinski definition) is 0. The smallest absolute Gasteiger partial charge is 0.322 e. The Kier molecular flexibility index (Phi) is 3.25. The molecule has 6 heteroatoms. The molecular weight excluding hydrogens is 318 g/mol. The number of carbonyl (C=O) groups excluding carboxylic acids is 2. The van der Waals surface area contributed by atoms with Crippen molar-refractivity contribution in [3.63, 3.8) is 0 Å². The van der Waals surface area contributed by atoms with E-state index in [0.717, 1.165) is 24.0 Å². The van der Waals surface area contributed by atoms with Crippen LogP contribution in [0.5, 0.6) is 0 Å². The predicted octanol–water partition coefficient (Wildman–Crippen LogP) is 2.74. The van der Waals surface area contributed by atoms with Crippen molar-refractivity contribution in [2.45, 2.75) is 37.5 Å². The van der Waals surface area contributed by atoms with Gasteiger partial charge in [-0.05, 0) is 37.6 Å². The van der Waals surface area contributed by atoms with Crippen LogP contribution in [0.1, 0.15) is 31.2 Å². The first-order chi connectivity index (χ1) is 11.0. The lowest BCUT2D eigenvalue weighted by molar-refractivity contribution is -0.172. The van der Waals surface area contributed by atoms with E-state index in [1.54, 1.807) is 6.07 Å². The third-order valence-electron chi connectivity index (χ3n) is 4.96. The summed E-state index contributed by atoms with van der Waals surface area (Å²) in [6, 6.07) is 7.70. The molecule has 0 radical (unpaired) electrons. The van der Waals surface area contributed by atoms with Crippen LogP contribution < -0.4 is 0 Å². The van der Waals surface area contributed by atoms with E-state index in [0.29, 0.717) is 17.2 Å². The molecule has 5 nitrogen and oxygen atoms in total. The van der Waals surface area contributed by atoms with Crippen molar-refractivity contribution in [2.24, 2.45) is 0 Å². The number of hydrogen-bond acceptors (Lipinski definition) is 5. The molecule has 23 heavy (non-hydrogen) atoms. The van der Waals surface area contributed by atoms with Gasteiger partial charge in [-0.2, -0.15) is 0 Å². The minimum Gasteiger partial charge on any atom is -0.435 e. The van der Waals surface area contributed by atoms with E-state index in [1.165, 1.54) is 0 Å². The molecule has 1 aromatic rings. The van der Waals surface area contributed by atoms with Crippen molar-refractivity contribution in [1.82, 2.24) is 4.90 Å². The Labute approximate surface area is 138 Å². The number of halogens is 1. The Hall–Kier alpha value is -1.85. The summed E-state index contributed by atoms with van der Waals surface area (Å²) >= 11 is 6.11. The minimum absolute atomic E-state index is 0.248. The summed E-state index contributed by atoms with van der Waals surface area (Å²) < 4.78 is 11.3. The standard InChI is InChI=1S/C17H16ClNO4/c1-19-12-5-6-17(19)16(22-14(20)9-15(21)23-17)13(8-12)10-3-2-4-11(18)7-10/h2-4,7,12H,5-6,8-9H2,1H3. The van der Waals surface area contributed by atoms with Crippen LogP contribution in [-0.2, 0) is 19.1 Å². The van der Waals surface area contributed by atoms with Crippen LogP contribution in [0.4, 0.5) is 0 Å². The Balaban J connectivity index is 1.93. The van der Waals surface area contributed by atoms with Crippen LogP contribution in [-0.4, -0.2) is 35.7 Å². The van der Waals surface area contributed by atoms with E-state index in [1.807, 2.05) is 30.1 Å². The van der Waals surface area contributed by atoms with Gasteiger partial charge in [0, 0.05) is 23.1 Å². The first-order valence-corrected chi connectivity index (χ1v) is 8.02. The maximum Gasteiger partial charge on any atom is 0.322 e. The van der Waals surface area contributed by atoms with Gasteiger partial charge in [0.15, 0.2) is 5.76 Å². The molecule has 3 heterocycles. The molecule has 0 aromatic heterocycles. The van der Waals surface area contributed by atoms with E-state index < -0.39 is 17.7 Å². The molecule has 1 aromatic carbocycles. The van der Waals surface area contributed by atoms with Crippen LogP contribution in [0.15, 0.2) is 30.0 Å². The Bertz CT molecular complexity index is 744. The van der Waals surface area contributed by atoms with Crippen LogP contribution >= 0.6 is 11.6 Å². The number of nitrogens with zero attached hydrogens (tertiary/aromatic N) is 1. The highest BCUT2D eigenvalue weighted by atomic mass is 35.5. The first-order valence-electron chi connectivity index (χ1n) is 7.64. The molecule has 2 unspecified atom stereocenters. The van der Waals surface area contributed by atoms with Crippen molar-refractivity contribution >= 4 is 29.1 Å². The number of rotatable bonds is 1. The normalized spacial score (nSPS) is 30.6. The van der Waals surface area contributed by atoms with Gasteiger partial charge < -0.3 is 9.47 Å². The first kappa shape index (κ1) is 14.7. The van der Waals surface area contributed by atoms with Gasteiger partial charge in [-0.15, -0.1) is 0 Å². The van der Waals surface area contributed by atoms with Gasteiger partial charge in [-0.1, -0.05) is 23.7 Å². The molecule has 1 spiro atoms. The molecule has 3 aliphatic heterocycles. The minimum atomic E-state index is -0.968. The van der Waals surface area contributed by atoms with E-state index in [4.69, 9.17) is 21.1 Å². The van der Waals surface area contributed by atoms with Crippen molar-refractivity contribution in [3.8, 4) is 0 Å². The van der Waals surface area contributed by atoms with Gasteiger partial charge in [-0.25, -0.2) is 0 Å². The SMILES string of the molecule is CN1C2CCC13OC(=O)CC(=O)OC3=C(c1cccc(Cl)c1)C2. The zero-order valence-electron chi connectivity index (χ0n) is 12.7. The number of likely N-dealkylation sites (N-methyl/N-ethyl adjacent to an activating group) is 1. The van der Waals surface area contributed by atoms with Crippen molar-refractivity contribution in [3.05, 3.63) is 40.6 Å². The molecule has 0 amide bonds. The highest BCUT2D eigenvalue weighted by Crippen LogP contribution is 2.51. The topological polar surface area (TPSA) is 55.8 Å². The number of esters is 2. The monoisotopic (exact) mass is 333 g/mol. The Morgan fingerprint density at radius 3 is 2.91 bits per heavy atom. The fourth-order valence-corrected chi connectivity index (χ4v) is 4.02. The quantitative estimate of drug-likeness (QED) is 0.584. The fraction of sp³-hybridized carbons (Fsp3) is 0.412. The lowest BCUT2D eigenvalue weighted by Gasteiger charge is -2.41. The zero-order valence-corrected chi connectivity index (χ0v) is 13.4. The molecule has 0 aliphatic carbocycles. The maximum absolute atomic E-state index is 12.0. The summed E-state index contributed by atoms with van der Waals surface area (Å²) in [6.45, 7) is 0. The highest BCUT2D eigenvalue weighted by molar-refractivity contribution is 6.30. The molecule has 2 atom stereocenters. The molecule has 2 fully saturated rings. The largest absolute Gasteiger partial charge is 0.435 e. The number of ether oxygens (including phenoxy) is 2. The summed E-state index contributed by atoms with van der Waals surface area (Å²) in [6.07, 6.45) is 1.90. The van der Waals surface area contributed by atoms with E-state index in [-0.39, 0.29) is 12.5 Å². The lowest BCUT2D eigenvalue weighted by Crippen LogP contribution is -2.52. The second-order valence-corrected chi connectivity index (χ2v) is 6.67. The molecule has 120 valence electrons. The summed E-state index contributed by atoms with van der Waals surface area (Å²) in [7, 11) is 1.92. The zero-order chi connectivity index (χ0) is 16.2. The van der Waals surface area contributed by atoms with Gasteiger partial charge in [0.2, 0.25) is 5.72 Å².